The molecule has 0 fully saturated rings. The maximum Gasteiger partial charge on any atom is 0.165 e. The average molecular weight is 339 g/mol. The van der Waals surface area contributed by atoms with Crippen molar-refractivity contribution in [3.8, 4) is 11.4 Å². The highest BCUT2D eigenvalue weighted by molar-refractivity contribution is 5.91. The fourth-order valence-corrected chi connectivity index (χ4v) is 2.84. The lowest BCUT2D eigenvalue weighted by atomic mass is 10.2. The Hall–Kier alpha value is -3.87. The van der Waals surface area contributed by atoms with E-state index in [0.29, 0.717) is 17.3 Å². The average Bonchev–Trinajstić information content (AvgIpc) is 3.16. The van der Waals surface area contributed by atoms with Gasteiger partial charge in [0.25, 0.3) is 0 Å². The fourth-order valence-electron chi connectivity index (χ4n) is 2.84. The monoisotopic (exact) mass is 339 g/mol. The summed E-state index contributed by atoms with van der Waals surface area (Å²) >= 11 is 0. The minimum atomic E-state index is 0.601. The molecule has 26 heavy (non-hydrogen) atoms. The number of benzene rings is 1. The molecule has 1 aromatic carbocycles. The first-order valence-electron chi connectivity index (χ1n) is 8.10. The van der Waals surface area contributed by atoms with Gasteiger partial charge in [-0.2, -0.15) is 5.10 Å². The van der Waals surface area contributed by atoms with Gasteiger partial charge in [-0.15, -0.1) is 0 Å². The molecule has 124 valence electrons. The van der Waals surface area contributed by atoms with E-state index in [0.717, 1.165) is 27.5 Å². The lowest BCUT2D eigenvalue weighted by Gasteiger charge is -2.10. The number of fused-ring (bicyclic) bond motifs is 2. The molecule has 4 heterocycles. The molecular formula is C19H13N7. The van der Waals surface area contributed by atoms with Crippen molar-refractivity contribution < 1.29 is 0 Å². The van der Waals surface area contributed by atoms with Gasteiger partial charge in [0.1, 0.15) is 5.82 Å². The lowest BCUT2D eigenvalue weighted by Crippen LogP contribution is -2.00. The van der Waals surface area contributed by atoms with Crippen molar-refractivity contribution in [2.24, 2.45) is 0 Å². The van der Waals surface area contributed by atoms with E-state index in [-0.39, 0.29) is 0 Å². The highest BCUT2D eigenvalue weighted by Crippen LogP contribution is 2.27. The van der Waals surface area contributed by atoms with E-state index in [9.17, 15) is 0 Å². The molecule has 2 N–H and O–H groups in total. The minimum Gasteiger partial charge on any atom is -0.339 e. The molecule has 0 aliphatic carbocycles. The van der Waals surface area contributed by atoms with Crippen LogP contribution < -0.4 is 5.32 Å². The van der Waals surface area contributed by atoms with Gasteiger partial charge in [0.05, 0.1) is 17.1 Å². The molecule has 0 saturated carbocycles. The first-order chi connectivity index (χ1) is 12.9. The van der Waals surface area contributed by atoms with E-state index < -0.39 is 0 Å². The number of nitrogens with one attached hydrogen (secondary N) is 2. The van der Waals surface area contributed by atoms with Crippen LogP contribution in [0, 0.1) is 0 Å². The second-order valence-electron chi connectivity index (χ2n) is 5.80. The van der Waals surface area contributed by atoms with Gasteiger partial charge in [-0.25, -0.2) is 15.0 Å². The van der Waals surface area contributed by atoms with E-state index in [1.54, 1.807) is 24.8 Å². The van der Waals surface area contributed by atoms with Crippen LogP contribution in [0.25, 0.3) is 33.3 Å². The third-order valence-corrected chi connectivity index (χ3v) is 4.11. The van der Waals surface area contributed by atoms with Crippen molar-refractivity contribution in [2.75, 3.05) is 5.32 Å². The molecule has 4 aromatic heterocycles. The zero-order chi connectivity index (χ0) is 17.3. The Labute approximate surface area is 148 Å². The van der Waals surface area contributed by atoms with Gasteiger partial charge in [0, 0.05) is 35.2 Å². The minimum absolute atomic E-state index is 0.601. The third kappa shape index (κ3) is 2.51. The van der Waals surface area contributed by atoms with Crippen molar-refractivity contribution in [1.82, 2.24) is 30.1 Å². The molecule has 0 saturated heterocycles. The van der Waals surface area contributed by atoms with Crippen LogP contribution in [0.5, 0.6) is 0 Å². The van der Waals surface area contributed by atoms with E-state index in [1.165, 1.54) is 0 Å². The highest BCUT2D eigenvalue weighted by Gasteiger charge is 2.11. The van der Waals surface area contributed by atoms with Crippen molar-refractivity contribution in [1.29, 1.82) is 0 Å². The zero-order valence-corrected chi connectivity index (χ0v) is 13.6. The van der Waals surface area contributed by atoms with Crippen LogP contribution in [0.1, 0.15) is 0 Å². The molecule has 0 spiro atoms. The second-order valence-corrected chi connectivity index (χ2v) is 5.80. The Morgan fingerprint density at radius 2 is 1.85 bits per heavy atom. The van der Waals surface area contributed by atoms with Crippen molar-refractivity contribution in [3.05, 3.63) is 67.3 Å². The summed E-state index contributed by atoms with van der Waals surface area (Å²) in [4.78, 5) is 17.7. The van der Waals surface area contributed by atoms with E-state index in [2.05, 4.69) is 30.5 Å². The number of pyridine rings is 2. The molecule has 0 unspecified atom stereocenters. The Morgan fingerprint density at radius 1 is 0.923 bits per heavy atom. The molecule has 5 rings (SSSR count). The Balaban J connectivity index is 1.65. The van der Waals surface area contributed by atoms with Crippen molar-refractivity contribution in [3.63, 3.8) is 0 Å². The number of aromatic nitrogens is 6. The van der Waals surface area contributed by atoms with Gasteiger partial charge in [0.15, 0.2) is 11.5 Å². The van der Waals surface area contributed by atoms with Gasteiger partial charge in [-0.05, 0) is 42.5 Å². The lowest BCUT2D eigenvalue weighted by molar-refractivity contribution is 1.12. The number of nitrogens with zero attached hydrogens (tertiary/aromatic N) is 5. The Morgan fingerprint density at radius 3 is 2.77 bits per heavy atom. The van der Waals surface area contributed by atoms with Crippen LogP contribution >= 0.6 is 0 Å². The standard InChI is InChI=1S/C19H13N7/c1-2-15-18(21-7-1)24-17(12-5-8-20-9-6-12)25-19(15)23-14-4-3-13-11-22-26-16(13)10-14/h1-11H,(H,22,26)(H,21,23,24,25). The summed E-state index contributed by atoms with van der Waals surface area (Å²) in [6.45, 7) is 0. The fraction of sp³-hybridized carbons (Fsp3) is 0. The van der Waals surface area contributed by atoms with Crippen molar-refractivity contribution in [2.45, 2.75) is 0 Å². The molecule has 0 aliphatic rings. The summed E-state index contributed by atoms with van der Waals surface area (Å²) in [5.41, 5.74) is 3.39. The maximum atomic E-state index is 4.72. The smallest absolute Gasteiger partial charge is 0.165 e. The number of hydrogen-bond acceptors (Lipinski definition) is 6. The van der Waals surface area contributed by atoms with Gasteiger partial charge in [0.2, 0.25) is 0 Å². The topological polar surface area (TPSA) is 92.3 Å². The van der Waals surface area contributed by atoms with Crippen LogP contribution in [0.15, 0.2) is 67.3 Å². The van der Waals surface area contributed by atoms with Gasteiger partial charge < -0.3 is 5.32 Å². The van der Waals surface area contributed by atoms with E-state index >= 15 is 0 Å². The third-order valence-electron chi connectivity index (χ3n) is 4.11. The van der Waals surface area contributed by atoms with Crippen LogP contribution in [0.4, 0.5) is 11.5 Å². The molecule has 0 radical (unpaired) electrons. The largest absolute Gasteiger partial charge is 0.339 e. The summed E-state index contributed by atoms with van der Waals surface area (Å²) in [6.07, 6.45) is 6.97. The first-order valence-corrected chi connectivity index (χ1v) is 8.10. The molecule has 0 atom stereocenters. The van der Waals surface area contributed by atoms with Crippen LogP contribution in [-0.4, -0.2) is 30.1 Å². The summed E-state index contributed by atoms with van der Waals surface area (Å²) in [6, 6.07) is 13.6. The Bertz CT molecular complexity index is 1210. The van der Waals surface area contributed by atoms with Gasteiger partial charge in [-0.3, -0.25) is 10.1 Å². The van der Waals surface area contributed by atoms with Crippen LogP contribution in [0.3, 0.4) is 0 Å². The maximum absolute atomic E-state index is 4.72. The molecule has 0 bridgehead atoms. The van der Waals surface area contributed by atoms with E-state index in [4.69, 9.17) is 4.98 Å². The zero-order valence-electron chi connectivity index (χ0n) is 13.6. The Kier molecular flexibility index (Phi) is 3.28. The number of H-pyrrole nitrogens is 1. The quantitative estimate of drug-likeness (QED) is 0.520. The predicted octanol–water partition coefficient (Wildman–Crippen LogP) is 3.71. The van der Waals surface area contributed by atoms with Crippen molar-refractivity contribution >= 4 is 33.4 Å². The molecule has 0 aliphatic heterocycles. The second kappa shape index (κ2) is 5.89. The predicted molar refractivity (Wildman–Crippen MR) is 99.9 cm³/mol. The molecule has 0 amide bonds. The van der Waals surface area contributed by atoms with Gasteiger partial charge >= 0.3 is 0 Å². The number of hydrogen-bond donors (Lipinski definition) is 2. The first kappa shape index (κ1) is 14.5. The summed E-state index contributed by atoms with van der Waals surface area (Å²) < 4.78 is 0. The van der Waals surface area contributed by atoms with E-state index in [1.807, 2.05) is 42.5 Å². The summed E-state index contributed by atoms with van der Waals surface area (Å²) in [5.74, 6) is 1.30. The molecule has 7 nitrogen and oxygen atoms in total. The normalized spacial score (nSPS) is 11.1. The van der Waals surface area contributed by atoms with Crippen LogP contribution in [0.2, 0.25) is 0 Å². The SMILES string of the molecule is c1cnc2nc(-c3ccncc3)nc(Nc3ccc4cn[nH]c4c3)c2c1. The number of rotatable bonds is 3. The van der Waals surface area contributed by atoms with Gasteiger partial charge in [-0.1, -0.05) is 0 Å². The number of aromatic amines is 1. The highest BCUT2D eigenvalue weighted by atomic mass is 15.1. The summed E-state index contributed by atoms with van der Waals surface area (Å²) in [7, 11) is 0. The molecule has 7 heteroatoms. The van der Waals surface area contributed by atoms with Crippen LogP contribution in [-0.2, 0) is 0 Å². The summed E-state index contributed by atoms with van der Waals surface area (Å²) in [5, 5.41) is 12.3. The number of anilines is 2. The molecular weight excluding hydrogens is 326 g/mol. The molecule has 5 aromatic rings.